The second-order valence-electron chi connectivity index (χ2n) is 9.22. The smallest absolute Gasteiger partial charge is 0.224 e. The SMILES string of the molecule is CCN1CCC[C@@H]1CN(CC1CCN(CCOC)CC1)C(=O)CCN1CCCCO1. The van der Waals surface area contributed by atoms with Crippen LogP contribution in [0.25, 0.3) is 0 Å². The molecule has 30 heavy (non-hydrogen) atoms. The molecule has 1 atom stereocenters. The van der Waals surface area contributed by atoms with Gasteiger partial charge in [0, 0.05) is 52.3 Å². The average molecular weight is 425 g/mol. The number of hydrogen-bond acceptors (Lipinski definition) is 6. The van der Waals surface area contributed by atoms with Crippen molar-refractivity contribution in [2.75, 3.05) is 79.2 Å². The van der Waals surface area contributed by atoms with Crippen molar-refractivity contribution in [3.05, 3.63) is 0 Å². The monoisotopic (exact) mass is 424 g/mol. The zero-order chi connectivity index (χ0) is 21.2. The van der Waals surface area contributed by atoms with Gasteiger partial charge in [-0.05, 0) is 70.6 Å². The number of carbonyl (C=O) groups excluding carboxylic acids is 1. The van der Waals surface area contributed by atoms with E-state index in [0.717, 1.165) is 72.0 Å². The van der Waals surface area contributed by atoms with E-state index in [1.165, 1.54) is 38.6 Å². The summed E-state index contributed by atoms with van der Waals surface area (Å²) >= 11 is 0. The van der Waals surface area contributed by atoms with Gasteiger partial charge in [-0.15, -0.1) is 0 Å². The Hall–Kier alpha value is -0.730. The summed E-state index contributed by atoms with van der Waals surface area (Å²) in [6.07, 6.45) is 7.74. The van der Waals surface area contributed by atoms with E-state index in [9.17, 15) is 4.79 Å². The van der Waals surface area contributed by atoms with E-state index in [1.807, 2.05) is 5.06 Å². The minimum Gasteiger partial charge on any atom is -0.383 e. The molecule has 0 aromatic heterocycles. The van der Waals surface area contributed by atoms with E-state index < -0.39 is 0 Å². The summed E-state index contributed by atoms with van der Waals surface area (Å²) in [5, 5.41) is 2.00. The van der Waals surface area contributed by atoms with E-state index in [-0.39, 0.29) is 0 Å². The molecule has 0 saturated carbocycles. The predicted molar refractivity (Wildman–Crippen MR) is 119 cm³/mol. The summed E-state index contributed by atoms with van der Waals surface area (Å²) in [5.74, 6) is 0.935. The number of hydrogen-bond donors (Lipinski definition) is 0. The maximum absolute atomic E-state index is 13.2. The van der Waals surface area contributed by atoms with Crippen LogP contribution in [0.2, 0.25) is 0 Å². The van der Waals surface area contributed by atoms with Crippen molar-refractivity contribution in [1.29, 1.82) is 0 Å². The van der Waals surface area contributed by atoms with Crippen LogP contribution < -0.4 is 0 Å². The second kappa shape index (κ2) is 13.0. The predicted octanol–water partition coefficient (Wildman–Crippen LogP) is 2.08. The van der Waals surface area contributed by atoms with Crippen LogP contribution in [0, 0.1) is 5.92 Å². The van der Waals surface area contributed by atoms with Crippen LogP contribution in [0.3, 0.4) is 0 Å². The van der Waals surface area contributed by atoms with Gasteiger partial charge in [0.25, 0.3) is 0 Å². The van der Waals surface area contributed by atoms with Crippen LogP contribution in [-0.2, 0) is 14.4 Å². The normalized spacial score (nSPS) is 25.1. The molecule has 0 aliphatic carbocycles. The van der Waals surface area contributed by atoms with Gasteiger partial charge in [0.05, 0.1) is 13.2 Å². The highest BCUT2D eigenvalue weighted by atomic mass is 16.7. The van der Waals surface area contributed by atoms with E-state index in [0.29, 0.717) is 24.3 Å². The van der Waals surface area contributed by atoms with Gasteiger partial charge in [-0.1, -0.05) is 6.92 Å². The molecule has 0 aromatic carbocycles. The number of carbonyl (C=O) groups is 1. The third-order valence-corrected chi connectivity index (χ3v) is 7.14. The molecule has 3 aliphatic heterocycles. The number of piperidine rings is 1. The number of ether oxygens (including phenoxy) is 1. The number of nitrogens with zero attached hydrogens (tertiary/aromatic N) is 4. The number of amides is 1. The molecule has 0 N–H and O–H groups in total. The molecule has 3 saturated heterocycles. The number of likely N-dealkylation sites (N-methyl/N-ethyl adjacent to an activating group) is 1. The Morgan fingerprint density at radius 1 is 1.03 bits per heavy atom. The van der Waals surface area contributed by atoms with E-state index in [2.05, 4.69) is 21.6 Å². The lowest BCUT2D eigenvalue weighted by Crippen LogP contribution is -2.47. The highest BCUT2D eigenvalue weighted by Crippen LogP contribution is 2.22. The molecular weight excluding hydrogens is 380 g/mol. The first-order valence-electron chi connectivity index (χ1n) is 12.3. The minimum atomic E-state index is 0.314. The molecule has 0 aromatic rings. The Balaban J connectivity index is 1.51. The summed E-state index contributed by atoms with van der Waals surface area (Å²) in [7, 11) is 1.77. The summed E-state index contributed by atoms with van der Waals surface area (Å²) in [6.45, 7) is 12.9. The minimum absolute atomic E-state index is 0.314. The molecule has 3 fully saturated rings. The van der Waals surface area contributed by atoms with Crippen molar-refractivity contribution < 1.29 is 14.4 Å². The fourth-order valence-corrected chi connectivity index (χ4v) is 5.18. The number of hydroxylamine groups is 2. The molecular formula is C23H44N4O3. The van der Waals surface area contributed by atoms with Gasteiger partial charge in [-0.2, -0.15) is 5.06 Å². The van der Waals surface area contributed by atoms with E-state index >= 15 is 0 Å². The second-order valence-corrected chi connectivity index (χ2v) is 9.22. The average Bonchev–Trinajstić information content (AvgIpc) is 3.24. The lowest BCUT2D eigenvalue weighted by molar-refractivity contribution is -0.182. The molecule has 3 heterocycles. The van der Waals surface area contributed by atoms with Crippen LogP contribution in [0.1, 0.15) is 51.9 Å². The third kappa shape index (κ3) is 7.45. The molecule has 174 valence electrons. The highest BCUT2D eigenvalue weighted by molar-refractivity contribution is 5.76. The summed E-state index contributed by atoms with van der Waals surface area (Å²) < 4.78 is 5.23. The summed E-state index contributed by atoms with van der Waals surface area (Å²) in [6, 6.07) is 0.534. The highest BCUT2D eigenvalue weighted by Gasteiger charge is 2.30. The van der Waals surface area contributed by atoms with Crippen LogP contribution in [-0.4, -0.2) is 111 Å². The van der Waals surface area contributed by atoms with Gasteiger partial charge in [0.2, 0.25) is 5.91 Å². The van der Waals surface area contributed by atoms with Crippen molar-refractivity contribution in [2.45, 2.75) is 57.9 Å². The Morgan fingerprint density at radius 3 is 2.57 bits per heavy atom. The number of likely N-dealkylation sites (tertiary alicyclic amines) is 2. The fourth-order valence-electron chi connectivity index (χ4n) is 5.18. The number of methoxy groups -OCH3 is 1. The molecule has 7 nitrogen and oxygen atoms in total. The van der Waals surface area contributed by atoms with Crippen LogP contribution in [0.5, 0.6) is 0 Å². The molecule has 0 radical (unpaired) electrons. The lowest BCUT2D eigenvalue weighted by Gasteiger charge is -2.37. The van der Waals surface area contributed by atoms with Gasteiger partial charge in [-0.25, -0.2) is 0 Å². The molecule has 3 rings (SSSR count). The topological polar surface area (TPSA) is 48.5 Å². The lowest BCUT2D eigenvalue weighted by atomic mass is 9.95. The van der Waals surface area contributed by atoms with Crippen LogP contribution in [0.4, 0.5) is 0 Å². The quantitative estimate of drug-likeness (QED) is 0.506. The van der Waals surface area contributed by atoms with Gasteiger partial charge < -0.3 is 14.5 Å². The Kier molecular flexibility index (Phi) is 10.3. The Morgan fingerprint density at radius 2 is 1.87 bits per heavy atom. The first-order chi connectivity index (χ1) is 14.7. The van der Waals surface area contributed by atoms with Crippen molar-refractivity contribution in [3.63, 3.8) is 0 Å². The molecule has 3 aliphatic rings. The van der Waals surface area contributed by atoms with Crippen LogP contribution >= 0.6 is 0 Å². The zero-order valence-electron chi connectivity index (χ0n) is 19.4. The molecule has 0 spiro atoms. The van der Waals surface area contributed by atoms with Gasteiger partial charge in [0.1, 0.15) is 0 Å². The standard InChI is InChI=1S/C23H44N4O3/c1-3-25-11-6-7-22(25)20-26(23(28)10-15-27-12-4-5-17-30-27)19-21-8-13-24(14-9-21)16-18-29-2/h21-22H,3-20H2,1-2H3/t22-/m1/s1. The Labute approximate surface area is 183 Å². The van der Waals surface area contributed by atoms with E-state index in [4.69, 9.17) is 9.57 Å². The third-order valence-electron chi connectivity index (χ3n) is 7.14. The van der Waals surface area contributed by atoms with Gasteiger partial charge in [-0.3, -0.25) is 14.5 Å². The summed E-state index contributed by atoms with van der Waals surface area (Å²) in [5.41, 5.74) is 0. The first-order valence-corrected chi connectivity index (χ1v) is 12.3. The largest absolute Gasteiger partial charge is 0.383 e. The van der Waals surface area contributed by atoms with Gasteiger partial charge in [0.15, 0.2) is 0 Å². The first kappa shape index (κ1) is 23.9. The van der Waals surface area contributed by atoms with Gasteiger partial charge >= 0.3 is 0 Å². The molecule has 0 bridgehead atoms. The van der Waals surface area contributed by atoms with Crippen LogP contribution in [0.15, 0.2) is 0 Å². The molecule has 1 amide bonds. The number of rotatable bonds is 11. The van der Waals surface area contributed by atoms with Crippen molar-refractivity contribution in [3.8, 4) is 0 Å². The maximum atomic E-state index is 13.2. The molecule has 0 unspecified atom stereocenters. The van der Waals surface area contributed by atoms with Crippen molar-refractivity contribution >= 4 is 5.91 Å². The van der Waals surface area contributed by atoms with Crippen molar-refractivity contribution in [2.24, 2.45) is 5.92 Å². The fraction of sp³-hybridized carbons (Fsp3) is 0.957. The van der Waals surface area contributed by atoms with E-state index in [1.54, 1.807) is 7.11 Å². The summed E-state index contributed by atoms with van der Waals surface area (Å²) in [4.78, 5) is 26.2. The maximum Gasteiger partial charge on any atom is 0.224 e. The Bertz CT molecular complexity index is 493. The zero-order valence-corrected chi connectivity index (χ0v) is 19.4. The molecule has 7 heteroatoms. The van der Waals surface area contributed by atoms with Crippen molar-refractivity contribution in [1.82, 2.24) is 19.8 Å².